The number of nitrogens with two attached hydrogens (primary N) is 1. The lowest BCUT2D eigenvalue weighted by Crippen LogP contribution is -2.28. The number of rotatable bonds is 3. The number of benzene rings is 1. The lowest BCUT2D eigenvalue weighted by atomic mass is 9.92. The molecular weight excluding hydrogens is 390 g/mol. The SMILES string of the molecule is Nc1c(S(=O)(=O)c2ccccc2)c2nc[nH]c(=O)c2n1C1CCC(F)(F)CC1. The van der Waals surface area contributed by atoms with Crippen LogP contribution in [0.1, 0.15) is 31.7 Å². The van der Waals surface area contributed by atoms with Gasteiger partial charge in [0.05, 0.1) is 11.2 Å². The second-order valence-electron chi connectivity index (χ2n) is 6.92. The Labute approximate surface area is 159 Å². The van der Waals surface area contributed by atoms with E-state index in [9.17, 15) is 22.0 Å². The first-order chi connectivity index (χ1) is 13.2. The van der Waals surface area contributed by atoms with Gasteiger partial charge in [-0.15, -0.1) is 0 Å². The van der Waals surface area contributed by atoms with Gasteiger partial charge in [0.25, 0.3) is 5.56 Å². The van der Waals surface area contributed by atoms with Crippen LogP contribution in [0.3, 0.4) is 0 Å². The summed E-state index contributed by atoms with van der Waals surface area (Å²) in [5, 5.41) is 0. The first-order valence-electron chi connectivity index (χ1n) is 8.77. The van der Waals surface area contributed by atoms with Crippen LogP contribution in [-0.4, -0.2) is 28.9 Å². The van der Waals surface area contributed by atoms with E-state index < -0.39 is 27.4 Å². The van der Waals surface area contributed by atoms with Crippen molar-refractivity contribution in [2.24, 2.45) is 0 Å². The van der Waals surface area contributed by atoms with Gasteiger partial charge in [0, 0.05) is 18.9 Å². The summed E-state index contributed by atoms with van der Waals surface area (Å²) in [6.45, 7) is 0. The summed E-state index contributed by atoms with van der Waals surface area (Å²) in [5.41, 5.74) is 5.58. The van der Waals surface area contributed by atoms with Crippen LogP contribution in [0.25, 0.3) is 11.0 Å². The van der Waals surface area contributed by atoms with E-state index in [0.717, 1.165) is 6.33 Å². The molecule has 0 bridgehead atoms. The molecule has 7 nitrogen and oxygen atoms in total. The summed E-state index contributed by atoms with van der Waals surface area (Å²) in [4.78, 5) is 18.7. The minimum absolute atomic E-state index is 0.00952. The average Bonchev–Trinajstić information content (AvgIpc) is 2.96. The molecule has 0 atom stereocenters. The standard InChI is InChI=1S/C18H18F2N4O3S/c19-18(20)8-6-11(7-9-18)24-14-13(22-10-23-17(14)25)15(16(24)21)28(26,27)12-4-2-1-3-5-12/h1-5,10-11H,6-9,21H2,(H,22,23,25). The number of nitrogen functional groups attached to an aromatic ring is 1. The number of H-pyrrole nitrogens is 1. The Balaban J connectivity index is 1.96. The molecule has 1 fully saturated rings. The number of fused-ring (bicyclic) bond motifs is 1. The number of alkyl halides is 2. The maximum absolute atomic E-state index is 13.6. The first-order valence-corrected chi connectivity index (χ1v) is 10.3. The average molecular weight is 408 g/mol. The highest BCUT2D eigenvalue weighted by atomic mass is 32.2. The number of hydrogen-bond acceptors (Lipinski definition) is 5. The molecule has 0 radical (unpaired) electrons. The smallest absolute Gasteiger partial charge is 0.275 e. The predicted octanol–water partition coefficient (Wildman–Crippen LogP) is 2.89. The van der Waals surface area contributed by atoms with E-state index in [1.807, 2.05) is 0 Å². The number of hydrogen-bond donors (Lipinski definition) is 2. The van der Waals surface area contributed by atoms with Crippen LogP contribution in [0.2, 0.25) is 0 Å². The second-order valence-corrected chi connectivity index (χ2v) is 8.80. The van der Waals surface area contributed by atoms with Gasteiger partial charge in [-0.05, 0) is 25.0 Å². The van der Waals surface area contributed by atoms with E-state index >= 15 is 0 Å². The lowest BCUT2D eigenvalue weighted by molar-refractivity contribution is -0.0434. The van der Waals surface area contributed by atoms with Crippen molar-refractivity contribution in [3.05, 3.63) is 47.0 Å². The van der Waals surface area contributed by atoms with Crippen molar-refractivity contribution < 1.29 is 17.2 Å². The molecule has 3 N–H and O–H groups in total. The summed E-state index contributed by atoms with van der Waals surface area (Å²) in [6, 6.07) is 7.17. The molecule has 1 aromatic carbocycles. The van der Waals surface area contributed by atoms with Gasteiger partial charge in [-0.2, -0.15) is 0 Å². The third-order valence-electron chi connectivity index (χ3n) is 5.15. The van der Waals surface area contributed by atoms with Gasteiger partial charge >= 0.3 is 0 Å². The Bertz CT molecular complexity index is 1190. The van der Waals surface area contributed by atoms with Crippen molar-refractivity contribution >= 4 is 26.7 Å². The second kappa shape index (κ2) is 6.40. The van der Waals surface area contributed by atoms with Crippen molar-refractivity contribution in [3.63, 3.8) is 0 Å². The number of anilines is 1. The Morgan fingerprint density at radius 1 is 1.18 bits per heavy atom. The van der Waals surface area contributed by atoms with Crippen LogP contribution in [0, 0.1) is 0 Å². The Hall–Kier alpha value is -2.75. The van der Waals surface area contributed by atoms with Crippen LogP contribution in [0.15, 0.2) is 51.2 Å². The zero-order valence-electron chi connectivity index (χ0n) is 14.7. The molecule has 0 unspecified atom stereocenters. The van der Waals surface area contributed by atoms with Crippen LogP contribution in [0.4, 0.5) is 14.6 Å². The number of nitrogens with one attached hydrogen (secondary N) is 1. The zero-order chi connectivity index (χ0) is 20.1. The molecule has 1 saturated carbocycles. The van der Waals surface area contributed by atoms with Crippen molar-refractivity contribution in [2.45, 2.75) is 47.4 Å². The molecule has 4 rings (SSSR count). The predicted molar refractivity (Wildman–Crippen MR) is 99.1 cm³/mol. The summed E-state index contributed by atoms with van der Waals surface area (Å²) < 4.78 is 55.0. The number of sulfone groups is 1. The molecular formula is C18H18F2N4O3S. The maximum atomic E-state index is 13.6. The number of aromatic amines is 1. The maximum Gasteiger partial charge on any atom is 0.275 e. The lowest BCUT2D eigenvalue weighted by Gasteiger charge is -2.30. The summed E-state index contributed by atoms with van der Waals surface area (Å²) >= 11 is 0. The van der Waals surface area contributed by atoms with Crippen molar-refractivity contribution in [2.75, 3.05) is 5.73 Å². The van der Waals surface area contributed by atoms with Crippen LogP contribution in [0.5, 0.6) is 0 Å². The topological polar surface area (TPSA) is 111 Å². The van der Waals surface area contributed by atoms with E-state index in [-0.39, 0.29) is 52.3 Å². The van der Waals surface area contributed by atoms with Gasteiger partial charge in [0.2, 0.25) is 15.8 Å². The molecule has 3 aromatic rings. The van der Waals surface area contributed by atoms with E-state index in [4.69, 9.17) is 5.73 Å². The highest BCUT2D eigenvalue weighted by Crippen LogP contribution is 2.43. The third-order valence-corrected chi connectivity index (χ3v) is 6.98. The van der Waals surface area contributed by atoms with Crippen molar-refractivity contribution in [3.8, 4) is 0 Å². The van der Waals surface area contributed by atoms with Gasteiger partial charge in [0.1, 0.15) is 21.7 Å². The molecule has 0 spiro atoms. The quantitative estimate of drug-likeness (QED) is 0.692. The van der Waals surface area contributed by atoms with E-state index in [0.29, 0.717) is 0 Å². The highest BCUT2D eigenvalue weighted by Gasteiger charge is 2.38. The summed E-state index contributed by atoms with van der Waals surface area (Å²) in [7, 11) is -4.06. The Morgan fingerprint density at radius 3 is 2.46 bits per heavy atom. The van der Waals surface area contributed by atoms with Gasteiger partial charge in [-0.25, -0.2) is 22.2 Å². The van der Waals surface area contributed by atoms with E-state index in [2.05, 4.69) is 9.97 Å². The molecule has 0 aliphatic heterocycles. The normalized spacial score (nSPS) is 17.8. The molecule has 1 aliphatic rings. The van der Waals surface area contributed by atoms with E-state index in [1.165, 1.54) is 16.7 Å². The van der Waals surface area contributed by atoms with Gasteiger partial charge in [0.15, 0.2) is 0 Å². The Morgan fingerprint density at radius 2 is 1.82 bits per heavy atom. The van der Waals surface area contributed by atoms with Crippen LogP contribution < -0.4 is 11.3 Å². The molecule has 10 heteroatoms. The molecule has 0 saturated heterocycles. The minimum Gasteiger partial charge on any atom is -0.384 e. The number of nitrogens with zero attached hydrogens (tertiary/aromatic N) is 2. The van der Waals surface area contributed by atoms with Gasteiger partial charge < -0.3 is 15.3 Å². The van der Waals surface area contributed by atoms with E-state index in [1.54, 1.807) is 18.2 Å². The molecule has 2 aromatic heterocycles. The third kappa shape index (κ3) is 2.88. The number of halogens is 2. The highest BCUT2D eigenvalue weighted by molar-refractivity contribution is 7.92. The molecule has 2 heterocycles. The fourth-order valence-electron chi connectivity index (χ4n) is 3.78. The largest absolute Gasteiger partial charge is 0.384 e. The minimum atomic E-state index is -4.06. The molecule has 0 amide bonds. The first kappa shape index (κ1) is 18.6. The molecule has 148 valence electrons. The summed E-state index contributed by atoms with van der Waals surface area (Å²) in [6.07, 6.45) is 0.569. The van der Waals surface area contributed by atoms with Gasteiger partial charge in [-0.1, -0.05) is 18.2 Å². The molecule has 28 heavy (non-hydrogen) atoms. The fourth-order valence-corrected chi connectivity index (χ4v) is 5.31. The zero-order valence-corrected chi connectivity index (χ0v) is 15.5. The van der Waals surface area contributed by atoms with Gasteiger partial charge in [-0.3, -0.25) is 4.79 Å². The monoisotopic (exact) mass is 408 g/mol. The number of aromatic nitrogens is 3. The van der Waals surface area contributed by atoms with Crippen molar-refractivity contribution in [1.82, 2.24) is 14.5 Å². The summed E-state index contributed by atoms with van der Waals surface area (Å²) in [5.74, 6) is -2.92. The molecule has 1 aliphatic carbocycles. The van der Waals surface area contributed by atoms with Crippen molar-refractivity contribution in [1.29, 1.82) is 0 Å². The van der Waals surface area contributed by atoms with Crippen LogP contribution >= 0.6 is 0 Å². The Kier molecular flexibility index (Phi) is 4.25. The van der Waals surface area contributed by atoms with Crippen LogP contribution in [-0.2, 0) is 9.84 Å². The fraction of sp³-hybridized carbons (Fsp3) is 0.333.